The smallest absolute Gasteiger partial charge is 0.138 e. The van der Waals surface area contributed by atoms with Gasteiger partial charge in [-0.1, -0.05) is 22.0 Å². The Bertz CT molecular complexity index is 612. The van der Waals surface area contributed by atoms with Crippen LogP contribution < -0.4 is 10.6 Å². The summed E-state index contributed by atoms with van der Waals surface area (Å²) in [5, 5.41) is 6.74. The van der Waals surface area contributed by atoms with E-state index in [1.54, 1.807) is 6.33 Å². The van der Waals surface area contributed by atoms with Crippen LogP contribution in [-0.2, 0) is 13.0 Å². The van der Waals surface area contributed by atoms with E-state index in [9.17, 15) is 0 Å². The van der Waals surface area contributed by atoms with Crippen LogP contribution in [0.2, 0.25) is 0 Å². The topological polar surface area (TPSA) is 49.8 Å². The molecule has 0 saturated heterocycles. The molecule has 4 nitrogen and oxygen atoms in total. The van der Waals surface area contributed by atoms with Crippen LogP contribution in [0, 0.1) is 6.92 Å². The summed E-state index contributed by atoms with van der Waals surface area (Å²) in [6.07, 6.45) is 2.60. The van der Waals surface area contributed by atoms with Crippen molar-refractivity contribution < 1.29 is 0 Å². The summed E-state index contributed by atoms with van der Waals surface area (Å²) >= 11 is 3.55. The van der Waals surface area contributed by atoms with Crippen LogP contribution >= 0.6 is 15.9 Å². The van der Waals surface area contributed by atoms with E-state index in [-0.39, 0.29) is 0 Å². The summed E-state index contributed by atoms with van der Waals surface area (Å²) < 4.78 is 1.10. The van der Waals surface area contributed by atoms with E-state index in [1.807, 2.05) is 0 Å². The molecule has 0 radical (unpaired) electrons. The number of nitrogens with one attached hydrogen (secondary N) is 2. The predicted octanol–water partition coefficient (Wildman–Crippen LogP) is 2.94. The summed E-state index contributed by atoms with van der Waals surface area (Å²) in [7, 11) is 0. The lowest BCUT2D eigenvalue weighted by Gasteiger charge is -2.19. The number of anilines is 2. The Balaban J connectivity index is 1.92. The highest BCUT2D eigenvalue weighted by Crippen LogP contribution is 2.25. The number of benzene rings is 1. The van der Waals surface area contributed by atoms with Crippen molar-refractivity contribution in [2.45, 2.75) is 19.9 Å². The molecule has 19 heavy (non-hydrogen) atoms. The van der Waals surface area contributed by atoms with Gasteiger partial charge in [0.1, 0.15) is 12.1 Å². The lowest BCUT2D eigenvalue weighted by atomic mass is 10.1. The number of nitrogens with zero attached hydrogens (tertiary/aromatic N) is 2. The molecule has 1 aliphatic rings. The molecular weight excluding hydrogens is 304 g/mol. The lowest BCUT2D eigenvalue weighted by molar-refractivity contribution is 0.628. The van der Waals surface area contributed by atoms with Crippen LogP contribution in [0.4, 0.5) is 11.5 Å². The highest BCUT2D eigenvalue weighted by atomic mass is 79.9. The summed E-state index contributed by atoms with van der Waals surface area (Å²) in [5.74, 6) is 0.896. The molecule has 1 aromatic carbocycles. The van der Waals surface area contributed by atoms with Crippen LogP contribution in [0.3, 0.4) is 0 Å². The number of rotatable bonds is 2. The highest BCUT2D eigenvalue weighted by Gasteiger charge is 2.15. The molecule has 1 aliphatic heterocycles. The molecule has 0 unspecified atom stereocenters. The molecule has 3 rings (SSSR count). The van der Waals surface area contributed by atoms with E-state index in [0.717, 1.165) is 41.2 Å². The molecule has 0 bridgehead atoms. The van der Waals surface area contributed by atoms with Gasteiger partial charge < -0.3 is 10.6 Å². The molecule has 98 valence electrons. The van der Waals surface area contributed by atoms with E-state index in [4.69, 9.17) is 0 Å². The van der Waals surface area contributed by atoms with E-state index in [0.29, 0.717) is 0 Å². The molecule has 0 saturated carbocycles. The third-order valence-corrected chi connectivity index (χ3v) is 4.16. The van der Waals surface area contributed by atoms with Gasteiger partial charge in [0.15, 0.2) is 0 Å². The monoisotopic (exact) mass is 318 g/mol. The third-order valence-electron chi connectivity index (χ3n) is 3.31. The van der Waals surface area contributed by atoms with E-state index in [1.165, 1.54) is 11.1 Å². The molecular formula is C14H15BrN4. The Kier molecular flexibility index (Phi) is 3.48. The summed E-state index contributed by atoms with van der Waals surface area (Å²) in [6.45, 7) is 3.88. The Labute approximate surface area is 120 Å². The number of hydrogen-bond donors (Lipinski definition) is 2. The van der Waals surface area contributed by atoms with Crippen LogP contribution in [0.5, 0.6) is 0 Å². The number of aryl methyl sites for hydroxylation is 1. The second-order valence-corrected chi connectivity index (χ2v) is 5.52. The maximum atomic E-state index is 4.36. The summed E-state index contributed by atoms with van der Waals surface area (Å²) in [4.78, 5) is 8.71. The summed E-state index contributed by atoms with van der Waals surface area (Å²) in [5.41, 5.74) is 4.56. The van der Waals surface area contributed by atoms with Crippen molar-refractivity contribution in [1.82, 2.24) is 15.3 Å². The molecule has 0 spiro atoms. The molecule has 0 aliphatic carbocycles. The highest BCUT2D eigenvalue weighted by molar-refractivity contribution is 9.10. The predicted molar refractivity (Wildman–Crippen MR) is 79.6 cm³/mol. The second-order valence-electron chi connectivity index (χ2n) is 4.66. The van der Waals surface area contributed by atoms with Crippen molar-refractivity contribution >= 4 is 27.4 Å². The van der Waals surface area contributed by atoms with Gasteiger partial charge in [-0.2, -0.15) is 0 Å². The maximum Gasteiger partial charge on any atom is 0.138 e. The summed E-state index contributed by atoms with van der Waals surface area (Å²) in [6, 6.07) is 6.21. The standard InChI is InChI=1S/C14H15BrN4/c1-9-2-3-10(6-12(9)15)19-14-11-7-16-5-4-13(11)17-8-18-14/h2-3,6,8,16H,4-5,7H2,1H3,(H,17,18,19). The van der Waals surface area contributed by atoms with E-state index < -0.39 is 0 Å². The van der Waals surface area contributed by atoms with Gasteiger partial charge in [-0.25, -0.2) is 9.97 Å². The van der Waals surface area contributed by atoms with Gasteiger partial charge in [0.25, 0.3) is 0 Å². The van der Waals surface area contributed by atoms with Gasteiger partial charge in [0, 0.05) is 35.2 Å². The zero-order valence-electron chi connectivity index (χ0n) is 10.7. The van der Waals surface area contributed by atoms with Crippen molar-refractivity contribution in [2.24, 2.45) is 0 Å². The minimum atomic E-state index is 0.825. The van der Waals surface area contributed by atoms with Crippen LogP contribution in [-0.4, -0.2) is 16.5 Å². The number of aromatic nitrogens is 2. The first kappa shape index (κ1) is 12.6. The first-order valence-electron chi connectivity index (χ1n) is 6.30. The quantitative estimate of drug-likeness (QED) is 0.894. The van der Waals surface area contributed by atoms with Gasteiger partial charge in [0.2, 0.25) is 0 Å². The first-order chi connectivity index (χ1) is 9.24. The van der Waals surface area contributed by atoms with Gasteiger partial charge in [-0.05, 0) is 24.6 Å². The van der Waals surface area contributed by atoms with Crippen LogP contribution in [0.15, 0.2) is 29.0 Å². The van der Waals surface area contributed by atoms with E-state index in [2.05, 4.69) is 61.7 Å². The number of fused-ring (bicyclic) bond motifs is 1. The Morgan fingerprint density at radius 3 is 3.05 bits per heavy atom. The lowest BCUT2D eigenvalue weighted by Crippen LogP contribution is -2.25. The Morgan fingerprint density at radius 1 is 1.32 bits per heavy atom. The molecule has 2 heterocycles. The molecule has 0 amide bonds. The minimum Gasteiger partial charge on any atom is -0.340 e. The second kappa shape index (κ2) is 5.27. The van der Waals surface area contributed by atoms with Gasteiger partial charge in [-0.15, -0.1) is 0 Å². The SMILES string of the molecule is Cc1ccc(Nc2ncnc3c2CNCC3)cc1Br. The van der Waals surface area contributed by atoms with Gasteiger partial charge >= 0.3 is 0 Å². The average molecular weight is 319 g/mol. The van der Waals surface area contributed by atoms with Crippen molar-refractivity contribution in [3.8, 4) is 0 Å². The number of halogens is 1. The fourth-order valence-corrected chi connectivity index (χ4v) is 2.56. The van der Waals surface area contributed by atoms with E-state index >= 15 is 0 Å². The normalized spacial score (nSPS) is 14.0. The van der Waals surface area contributed by atoms with Crippen molar-refractivity contribution in [2.75, 3.05) is 11.9 Å². The molecule has 0 fully saturated rings. The van der Waals surface area contributed by atoms with Crippen LogP contribution in [0.25, 0.3) is 0 Å². The number of hydrogen-bond acceptors (Lipinski definition) is 4. The fraction of sp³-hybridized carbons (Fsp3) is 0.286. The molecule has 5 heteroatoms. The first-order valence-corrected chi connectivity index (χ1v) is 7.10. The average Bonchev–Trinajstić information content (AvgIpc) is 2.43. The molecule has 1 aromatic heterocycles. The van der Waals surface area contributed by atoms with Crippen LogP contribution in [0.1, 0.15) is 16.8 Å². The fourth-order valence-electron chi connectivity index (χ4n) is 2.19. The molecule has 0 atom stereocenters. The Hall–Kier alpha value is -1.46. The van der Waals surface area contributed by atoms with Gasteiger partial charge in [-0.3, -0.25) is 0 Å². The van der Waals surface area contributed by atoms with Crippen molar-refractivity contribution in [3.63, 3.8) is 0 Å². The zero-order valence-corrected chi connectivity index (χ0v) is 12.3. The molecule has 2 N–H and O–H groups in total. The third kappa shape index (κ3) is 2.62. The Morgan fingerprint density at radius 2 is 2.21 bits per heavy atom. The largest absolute Gasteiger partial charge is 0.340 e. The van der Waals surface area contributed by atoms with Gasteiger partial charge in [0.05, 0.1) is 5.69 Å². The molecule has 2 aromatic rings. The van der Waals surface area contributed by atoms with Crippen molar-refractivity contribution in [1.29, 1.82) is 0 Å². The maximum absolute atomic E-state index is 4.36. The zero-order chi connectivity index (χ0) is 13.2. The van der Waals surface area contributed by atoms with Crippen molar-refractivity contribution in [3.05, 3.63) is 45.8 Å². The minimum absolute atomic E-state index is 0.825.